The molecule has 0 aliphatic heterocycles. The fraction of sp³-hybridized carbons (Fsp3) is 0.474. The molecule has 0 radical (unpaired) electrons. The van der Waals surface area contributed by atoms with E-state index in [0.29, 0.717) is 22.5 Å². The molecular formula is C19H27ClFN5S. The first kappa shape index (κ1) is 21.6. The van der Waals surface area contributed by atoms with Crippen LogP contribution >= 0.6 is 23.8 Å². The van der Waals surface area contributed by atoms with Gasteiger partial charge in [-0.1, -0.05) is 31.5 Å². The number of rotatable bonds is 9. The van der Waals surface area contributed by atoms with Crippen LogP contribution in [0.3, 0.4) is 0 Å². The summed E-state index contributed by atoms with van der Waals surface area (Å²) in [5.74, 6) is 0.327. The summed E-state index contributed by atoms with van der Waals surface area (Å²) < 4.78 is 15.0. The number of aromatic nitrogens is 2. The highest BCUT2D eigenvalue weighted by molar-refractivity contribution is 7.80. The SMILES string of the molecule is CCN(CC)CCCNC(=S)Nc1cc(C)n(Cc2ccc(F)cc2Cl)n1. The van der Waals surface area contributed by atoms with Crippen LogP contribution < -0.4 is 10.6 Å². The molecule has 1 aromatic carbocycles. The van der Waals surface area contributed by atoms with Crippen LogP contribution in [0.15, 0.2) is 24.3 Å². The van der Waals surface area contributed by atoms with Gasteiger partial charge in [0.1, 0.15) is 5.82 Å². The Hall–Kier alpha value is -1.70. The molecule has 0 bridgehead atoms. The van der Waals surface area contributed by atoms with Gasteiger partial charge in [-0.2, -0.15) is 5.10 Å². The molecule has 0 spiro atoms. The van der Waals surface area contributed by atoms with Gasteiger partial charge < -0.3 is 15.5 Å². The van der Waals surface area contributed by atoms with Crippen molar-refractivity contribution in [1.29, 1.82) is 0 Å². The Labute approximate surface area is 170 Å². The Balaban J connectivity index is 1.85. The smallest absolute Gasteiger partial charge is 0.171 e. The maximum atomic E-state index is 13.2. The van der Waals surface area contributed by atoms with Gasteiger partial charge in [-0.3, -0.25) is 4.68 Å². The van der Waals surface area contributed by atoms with Crippen molar-refractivity contribution in [2.75, 3.05) is 31.5 Å². The minimum absolute atomic E-state index is 0.347. The van der Waals surface area contributed by atoms with Crippen LogP contribution in [-0.2, 0) is 6.54 Å². The van der Waals surface area contributed by atoms with E-state index in [9.17, 15) is 4.39 Å². The van der Waals surface area contributed by atoms with E-state index in [4.69, 9.17) is 23.8 Å². The normalized spacial score (nSPS) is 11.0. The van der Waals surface area contributed by atoms with Crippen molar-refractivity contribution >= 4 is 34.7 Å². The summed E-state index contributed by atoms with van der Waals surface area (Å²) in [5, 5.41) is 11.8. The Morgan fingerprint density at radius 1 is 1.30 bits per heavy atom. The third-order valence-corrected chi connectivity index (χ3v) is 4.99. The molecule has 0 saturated carbocycles. The Kier molecular flexibility index (Phi) is 8.47. The summed E-state index contributed by atoms with van der Waals surface area (Å²) in [4.78, 5) is 2.38. The topological polar surface area (TPSA) is 45.1 Å². The number of hydrogen-bond donors (Lipinski definition) is 2. The first-order valence-corrected chi connectivity index (χ1v) is 9.97. The number of thiocarbonyl (C=S) groups is 1. The van der Waals surface area contributed by atoms with Gasteiger partial charge in [0.2, 0.25) is 0 Å². The fourth-order valence-electron chi connectivity index (χ4n) is 2.75. The number of halogens is 2. The first-order chi connectivity index (χ1) is 12.9. The zero-order valence-corrected chi connectivity index (χ0v) is 17.6. The molecule has 2 aromatic rings. The number of benzene rings is 1. The number of nitrogens with zero attached hydrogens (tertiary/aromatic N) is 3. The van der Waals surface area contributed by atoms with Crippen LogP contribution in [-0.4, -0.2) is 46.0 Å². The van der Waals surface area contributed by atoms with Crippen LogP contribution in [0.2, 0.25) is 5.02 Å². The monoisotopic (exact) mass is 411 g/mol. The van der Waals surface area contributed by atoms with E-state index < -0.39 is 0 Å². The Morgan fingerprint density at radius 3 is 2.70 bits per heavy atom. The maximum Gasteiger partial charge on any atom is 0.171 e. The van der Waals surface area contributed by atoms with Crippen molar-refractivity contribution in [3.63, 3.8) is 0 Å². The lowest BCUT2D eigenvalue weighted by molar-refractivity contribution is 0.300. The quantitative estimate of drug-likeness (QED) is 0.481. The first-order valence-electron chi connectivity index (χ1n) is 9.18. The molecule has 8 heteroatoms. The Bertz CT molecular complexity index is 761. The predicted octanol–water partition coefficient (Wildman–Crippen LogP) is 4.05. The van der Waals surface area contributed by atoms with Gasteiger partial charge >= 0.3 is 0 Å². The molecule has 0 amide bonds. The van der Waals surface area contributed by atoms with Gasteiger partial charge in [-0.15, -0.1) is 0 Å². The van der Waals surface area contributed by atoms with Crippen LogP contribution in [0, 0.1) is 12.7 Å². The van der Waals surface area contributed by atoms with Crippen LogP contribution in [0.4, 0.5) is 10.2 Å². The molecule has 2 rings (SSSR count). The third-order valence-electron chi connectivity index (χ3n) is 4.39. The lowest BCUT2D eigenvalue weighted by atomic mass is 10.2. The maximum absolute atomic E-state index is 13.2. The van der Waals surface area contributed by atoms with Crippen molar-refractivity contribution in [2.45, 2.75) is 33.7 Å². The van der Waals surface area contributed by atoms with Crippen molar-refractivity contribution in [2.24, 2.45) is 0 Å². The molecule has 2 N–H and O–H groups in total. The fourth-order valence-corrected chi connectivity index (χ4v) is 3.18. The zero-order valence-electron chi connectivity index (χ0n) is 16.1. The molecule has 1 heterocycles. The average Bonchev–Trinajstić information content (AvgIpc) is 2.96. The van der Waals surface area contributed by atoms with E-state index >= 15 is 0 Å². The van der Waals surface area contributed by atoms with E-state index in [1.54, 1.807) is 6.07 Å². The van der Waals surface area contributed by atoms with Gasteiger partial charge in [-0.25, -0.2) is 4.39 Å². The van der Waals surface area contributed by atoms with Gasteiger partial charge in [0.05, 0.1) is 6.54 Å². The van der Waals surface area contributed by atoms with E-state index in [1.807, 2.05) is 17.7 Å². The molecule has 27 heavy (non-hydrogen) atoms. The van der Waals surface area contributed by atoms with Crippen LogP contribution in [0.1, 0.15) is 31.5 Å². The molecule has 0 saturated heterocycles. The number of aryl methyl sites for hydroxylation is 1. The Morgan fingerprint density at radius 2 is 2.04 bits per heavy atom. The van der Waals surface area contributed by atoms with E-state index in [2.05, 4.69) is 34.5 Å². The number of nitrogens with one attached hydrogen (secondary N) is 2. The van der Waals surface area contributed by atoms with E-state index in [1.165, 1.54) is 12.1 Å². The minimum atomic E-state index is -0.347. The van der Waals surface area contributed by atoms with Gasteiger partial charge in [0.25, 0.3) is 0 Å². The van der Waals surface area contributed by atoms with Gasteiger partial charge in [-0.05, 0) is 62.9 Å². The minimum Gasteiger partial charge on any atom is -0.362 e. The lowest BCUT2D eigenvalue weighted by Crippen LogP contribution is -2.32. The van der Waals surface area contributed by atoms with Crippen molar-refractivity contribution in [1.82, 2.24) is 20.0 Å². The van der Waals surface area contributed by atoms with Crippen LogP contribution in [0.5, 0.6) is 0 Å². The summed E-state index contributed by atoms with van der Waals surface area (Å²) in [6.45, 7) is 10.7. The molecule has 148 valence electrons. The molecule has 0 unspecified atom stereocenters. The highest BCUT2D eigenvalue weighted by Gasteiger charge is 2.09. The zero-order chi connectivity index (χ0) is 19.8. The average molecular weight is 412 g/mol. The second-order valence-corrected chi connectivity index (χ2v) is 7.14. The predicted molar refractivity (Wildman–Crippen MR) is 114 cm³/mol. The third kappa shape index (κ3) is 6.75. The molecule has 0 atom stereocenters. The van der Waals surface area contributed by atoms with Crippen molar-refractivity contribution in [3.05, 3.63) is 46.4 Å². The molecule has 0 aliphatic rings. The summed E-state index contributed by atoms with van der Waals surface area (Å²) in [6, 6.07) is 6.30. The highest BCUT2D eigenvalue weighted by Crippen LogP contribution is 2.19. The highest BCUT2D eigenvalue weighted by atomic mass is 35.5. The summed E-state index contributed by atoms with van der Waals surface area (Å²) in [6.07, 6.45) is 1.03. The molecular weight excluding hydrogens is 385 g/mol. The second-order valence-electron chi connectivity index (χ2n) is 6.33. The molecule has 0 aliphatic carbocycles. The second kappa shape index (κ2) is 10.6. The molecule has 0 fully saturated rings. The number of hydrogen-bond acceptors (Lipinski definition) is 3. The van der Waals surface area contributed by atoms with Crippen LogP contribution in [0.25, 0.3) is 0 Å². The summed E-state index contributed by atoms with van der Waals surface area (Å²) in [7, 11) is 0. The van der Waals surface area contributed by atoms with Crippen molar-refractivity contribution < 1.29 is 4.39 Å². The van der Waals surface area contributed by atoms with E-state index in [0.717, 1.165) is 43.9 Å². The molecule has 1 aromatic heterocycles. The number of anilines is 1. The summed E-state index contributed by atoms with van der Waals surface area (Å²) in [5.41, 5.74) is 1.77. The van der Waals surface area contributed by atoms with Crippen molar-refractivity contribution in [3.8, 4) is 0 Å². The molecule has 5 nitrogen and oxygen atoms in total. The lowest BCUT2D eigenvalue weighted by Gasteiger charge is -2.18. The van der Waals surface area contributed by atoms with Gasteiger partial charge in [0.15, 0.2) is 10.9 Å². The standard InChI is InChI=1S/C19H27ClFN5S/c1-4-25(5-2)10-6-9-22-19(27)23-18-11-14(3)26(24-18)13-15-7-8-16(21)12-17(15)20/h7-8,11-12H,4-6,9-10,13H2,1-3H3,(H2,22,23,24,27). The van der Waals surface area contributed by atoms with Gasteiger partial charge in [0, 0.05) is 23.3 Å². The summed E-state index contributed by atoms with van der Waals surface area (Å²) >= 11 is 11.4. The van der Waals surface area contributed by atoms with E-state index in [-0.39, 0.29) is 5.82 Å². The largest absolute Gasteiger partial charge is 0.362 e.